The van der Waals surface area contributed by atoms with Crippen LogP contribution in [0.3, 0.4) is 0 Å². The molecule has 0 spiro atoms. The summed E-state index contributed by atoms with van der Waals surface area (Å²) in [4.78, 5) is 35.9. The van der Waals surface area contributed by atoms with Crippen molar-refractivity contribution in [3.8, 4) is 0 Å². The highest BCUT2D eigenvalue weighted by molar-refractivity contribution is 5.93. The molecule has 8 nitrogen and oxygen atoms in total. The Balaban J connectivity index is 0.000000247. The molecule has 2 aromatic rings. The summed E-state index contributed by atoms with van der Waals surface area (Å²) < 4.78 is 16.4. The molecule has 1 saturated carbocycles. The van der Waals surface area contributed by atoms with Gasteiger partial charge < -0.3 is 25.0 Å². The maximum atomic E-state index is 14.6. The lowest BCUT2D eigenvalue weighted by Gasteiger charge is -2.30. The molecule has 1 aliphatic heterocycles. The summed E-state index contributed by atoms with van der Waals surface area (Å²) in [6.45, 7) is 5.19. The number of rotatable bonds is 13. The molecule has 2 aliphatic rings. The minimum atomic E-state index is -1.28. The highest BCUT2D eigenvalue weighted by atomic mass is 19.1. The molecular weight excluding hydrogens is 489 g/mol. The van der Waals surface area contributed by atoms with Gasteiger partial charge >= 0.3 is 11.9 Å². The number of carbonyl (C=O) groups is 2. The van der Waals surface area contributed by atoms with Crippen molar-refractivity contribution >= 4 is 28.5 Å². The number of fused-ring (bicyclic) bond motifs is 1. The van der Waals surface area contributed by atoms with Gasteiger partial charge in [0.15, 0.2) is 0 Å². The molecule has 0 unspecified atom stereocenters. The van der Waals surface area contributed by atoms with Crippen LogP contribution in [0.2, 0.25) is 0 Å². The van der Waals surface area contributed by atoms with Gasteiger partial charge in [-0.25, -0.2) is 9.18 Å². The molecule has 210 valence electrons. The minimum absolute atomic E-state index is 0.137. The number of hydrogen-bond donors (Lipinski definition) is 3. The van der Waals surface area contributed by atoms with Crippen LogP contribution in [0.25, 0.3) is 10.9 Å². The summed E-state index contributed by atoms with van der Waals surface area (Å²) in [6, 6.07) is 3.08. The van der Waals surface area contributed by atoms with Crippen molar-refractivity contribution < 1.29 is 24.2 Å². The van der Waals surface area contributed by atoms with Gasteiger partial charge in [0.05, 0.1) is 11.2 Å². The molecule has 1 aliphatic carbocycles. The van der Waals surface area contributed by atoms with Gasteiger partial charge in [0.25, 0.3) is 0 Å². The Kier molecular flexibility index (Phi) is 11.6. The first kappa shape index (κ1) is 29.6. The van der Waals surface area contributed by atoms with Gasteiger partial charge in [-0.2, -0.15) is 0 Å². The average Bonchev–Trinajstić information content (AvgIpc) is 3.74. The summed E-state index contributed by atoms with van der Waals surface area (Å²) in [5.41, 5.74) is 0.159. The molecule has 0 atom stereocenters. The molecule has 1 aromatic heterocycles. The summed E-state index contributed by atoms with van der Waals surface area (Å²) in [7, 11) is 0. The number of halogens is 1. The maximum absolute atomic E-state index is 14.6. The Morgan fingerprint density at radius 1 is 0.974 bits per heavy atom. The number of carboxylic acids is 2. The minimum Gasteiger partial charge on any atom is -0.481 e. The highest BCUT2D eigenvalue weighted by Gasteiger charge is 2.28. The largest absolute Gasteiger partial charge is 0.481 e. The van der Waals surface area contributed by atoms with Gasteiger partial charge in [-0.15, -0.1) is 0 Å². The van der Waals surface area contributed by atoms with E-state index in [4.69, 9.17) is 5.11 Å². The van der Waals surface area contributed by atoms with Crippen LogP contribution >= 0.6 is 0 Å². The zero-order valence-electron chi connectivity index (χ0n) is 22.5. The Bertz CT molecular complexity index is 1140. The third-order valence-corrected chi connectivity index (χ3v) is 7.22. The summed E-state index contributed by atoms with van der Waals surface area (Å²) in [5, 5.41) is 21.0. The standard InChI is InChI=1S/C17H18FN3O3.C12H24O2/c18-13-7-11-14(8-15(13)20-5-3-19-4-6-20)21(10-1-2-10)9-12(16(11)22)17(23)24;1-2-3-4-5-6-7-8-9-10-11-12(13)14/h7-10,19H,1-6H2,(H,23,24);2-11H2,1H3,(H,13,14). The monoisotopic (exact) mass is 531 g/mol. The average molecular weight is 532 g/mol. The van der Waals surface area contributed by atoms with E-state index in [1.165, 1.54) is 57.2 Å². The number of hydrogen-bond acceptors (Lipinski definition) is 5. The lowest BCUT2D eigenvalue weighted by molar-refractivity contribution is -0.137. The fourth-order valence-corrected chi connectivity index (χ4v) is 4.90. The topological polar surface area (TPSA) is 112 Å². The van der Waals surface area contributed by atoms with E-state index in [1.807, 2.05) is 9.47 Å². The van der Waals surface area contributed by atoms with Crippen molar-refractivity contribution in [1.82, 2.24) is 9.88 Å². The summed E-state index contributed by atoms with van der Waals surface area (Å²) >= 11 is 0. The van der Waals surface area contributed by atoms with Crippen molar-refractivity contribution in [3.05, 3.63) is 39.9 Å². The lowest BCUT2D eigenvalue weighted by atomic mass is 10.1. The van der Waals surface area contributed by atoms with Gasteiger partial charge in [0, 0.05) is 50.2 Å². The van der Waals surface area contributed by atoms with Crippen LogP contribution in [0.15, 0.2) is 23.1 Å². The number of benzene rings is 1. The molecule has 2 heterocycles. The van der Waals surface area contributed by atoms with Gasteiger partial charge in [-0.1, -0.05) is 58.3 Å². The number of pyridine rings is 1. The van der Waals surface area contributed by atoms with E-state index in [2.05, 4.69) is 12.2 Å². The number of aromatic carboxylic acids is 1. The van der Waals surface area contributed by atoms with E-state index >= 15 is 0 Å². The quantitative estimate of drug-likeness (QED) is 0.290. The van der Waals surface area contributed by atoms with Crippen LogP contribution in [-0.2, 0) is 4.79 Å². The van der Waals surface area contributed by atoms with Crippen molar-refractivity contribution in [3.63, 3.8) is 0 Å². The zero-order valence-corrected chi connectivity index (χ0v) is 22.5. The number of anilines is 1. The molecule has 0 bridgehead atoms. The molecule has 0 radical (unpaired) electrons. The number of nitrogens with one attached hydrogen (secondary N) is 1. The number of carboxylic acid groups (broad SMARTS) is 2. The number of unbranched alkanes of at least 4 members (excludes halogenated alkanes) is 8. The van der Waals surface area contributed by atoms with Gasteiger partial charge in [-0.05, 0) is 31.4 Å². The molecule has 4 rings (SSSR count). The molecule has 1 saturated heterocycles. The van der Waals surface area contributed by atoms with Crippen molar-refractivity contribution in [1.29, 1.82) is 0 Å². The summed E-state index contributed by atoms with van der Waals surface area (Å²) in [6.07, 6.45) is 14.8. The predicted molar refractivity (Wildman–Crippen MR) is 148 cm³/mol. The van der Waals surface area contributed by atoms with Crippen LogP contribution < -0.4 is 15.6 Å². The molecule has 3 N–H and O–H groups in total. The normalized spacial score (nSPS) is 15.3. The Hall–Kier alpha value is -2.94. The maximum Gasteiger partial charge on any atom is 0.341 e. The van der Waals surface area contributed by atoms with Crippen LogP contribution in [0.4, 0.5) is 10.1 Å². The summed E-state index contributed by atoms with van der Waals surface area (Å²) in [5.74, 6) is -2.41. The third kappa shape index (κ3) is 8.55. The Morgan fingerprint density at radius 2 is 1.58 bits per heavy atom. The second-order valence-corrected chi connectivity index (χ2v) is 10.3. The van der Waals surface area contributed by atoms with E-state index in [9.17, 15) is 23.9 Å². The Labute approximate surface area is 223 Å². The third-order valence-electron chi connectivity index (χ3n) is 7.22. The second-order valence-electron chi connectivity index (χ2n) is 10.3. The fourth-order valence-electron chi connectivity index (χ4n) is 4.90. The molecular formula is C29H42FN3O5. The van der Waals surface area contributed by atoms with Crippen LogP contribution in [0, 0.1) is 5.82 Å². The van der Waals surface area contributed by atoms with E-state index in [0.29, 0.717) is 30.7 Å². The SMILES string of the molecule is CCCCCCCCCCCC(=O)O.O=C(O)c1cn(C2CC2)c2cc(N3CCNCC3)c(F)cc2c1=O. The molecule has 2 fully saturated rings. The molecule has 38 heavy (non-hydrogen) atoms. The lowest BCUT2D eigenvalue weighted by Crippen LogP contribution is -2.43. The van der Waals surface area contributed by atoms with Gasteiger partial charge in [0.2, 0.25) is 5.43 Å². The number of aromatic nitrogens is 1. The number of nitrogens with zero attached hydrogens (tertiary/aromatic N) is 2. The van der Waals surface area contributed by atoms with E-state index in [0.717, 1.165) is 38.8 Å². The van der Waals surface area contributed by atoms with E-state index in [-0.39, 0.29) is 17.0 Å². The first-order chi connectivity index (χ1) is 18.3. The smallest absolute Gasteiger partial charge is 0.341 e. The van der Waals surface area contributed by atoms with E-state index < -0.39 is 23.2 Å². The number of aliphatic carboxylic acids is 1. The molecule has 9 heteroatoms. The first-order valence-electron chi connectivity index (χ1n) is 14.1. The zero-order chi connectivity index (χ0) is 27.5. The van der Waals surface area contributed by atoms with Crippen LogP contribution in [0.5, 0.6) is 0 Å². The van der Waals surface area contributed by atoms with Crippen molar-refractivity contribution in [2.24, 2.45) is 0 Å². The second kappa shape index (κ2) is 14.9. The fraction of sp³-hybridized carbons (Fsp3) is 0.621. The Morgan fingerprint density at radius 3 is 2.13 bits per heavy atom. The van der Waals surface area contributed by atoms with Gasteiger partial charge in [0.1, 0.15) is 11.4 Å². The predicted octanol–water partition coefficient (Wildman–Crippen LogP) is 5.58. The van der Waals surface area contributed by atoms with Gasteiger partial charge in [-0.3, -0.25) is 9.59 Å². The van der Waals surface area contributed by atoms with Crippen molar-refractivity contribution in [2.45, 2.75) is 90.0 Å². The van der Waals surface area contributed by atoms with Crippen LogP contribution in [0.1, 0.15) is 100 Å². The van der Waals surface area contributed by atoms with Crippen LogP contribution in [-0.4, -0.2) is 52.9 Å². The number of piperazine rings is 1. The highest BCUT2D eigenvalue weighted by Crippen LogP contribution is 2.38. The first-order valence-corrected chi connectivity index (χ1v) is 14.1. The molecule has 1 aromatic carbocycles. The van der Waals surface area contributed by atoms with E-state index in [1.54, 1.807) is 6.07 Å². The van der Waals surface area contributed by atoms with Crippen molar-refractivity contribution in [2.75, 3.05) is 31.1 Å². The molecule has 0 amide bonds.